The summed E-state index contributed by atoms with van der Waals surface area (Å²) >= 11 is 0. The van der Waals surface area contributed by atoms with E-state index >= 15 is 0 Å². The van der Waals surface area contributed by atoms with Crippen molar-refractivity contribution in [3.05, 3.63) is 60.6 Å². The molecule has 0 aliphatic carbocycles. The lowest BCUT2D eigenvalue weighted by molar-refractivity contribution is 0.102. The molecule has 4 heterocycles. The largest absolute Gasteiger partial charge is 0.492 e. The number of fused-ring (bicyclic) bond motifs is 1. The Bertz CT molecular complexity index is 1250. The molecule has 1 aliphatic heterocycles. The Morgan fingerprint density at radius 2 is 1.94 bits per heavy atom. The summed E-state index contributed by atoms with van der Waals surface area (Å²) in [5.74, 6) is 0.952. The number of rotatable bonds is 6. The van der Waals surface area contributed by atoms with E-state index in [1.165, 1.54) is 18.5 Å². The third-order valence-electron chi connectivity index (χ3n) is 5.57. The van der Waals surface area contributed by atoms with E-state index in [0.29, 0.717) is 40.6 Å². The first kappa shape index (κ1) is 20.0. The van der Waals surface area contributed by atoms with Crippen molar-refractivity contribution in [2.45, 2.75) is 19.8 Å². The van der Waals surface area contributed by atoms with E-state index in [1.807, 2.05) is 6.92 Å². The number of amides is 1. The number of anilines is 2. The van der Waals surface area contributed by atoms with Crippen LogP contribution in [0.2, 0.25) is 0 Å². The van der Waals surface area contributed by atoms with Gasteiger partial charge in [-0.2, -0.15) is 0 Å². The molecule has 4 aromatic rings. The Morgan fingerprint density at radius 1 is 1.12 bits per heavy atom. The summed E-state index contributed by atoms with van der Waals surface area (Å²) in [5.41, 5.74) is 4.19. The van der Waals surface area contributed by atoms with E-state index in [4.69, 9.17) is 9.72 Å². The normalized spacial score (nSPS) is 13.5. The van der Waals surface area contributed by atoms with Crippen molar-refractivity contribution in [2.75, 3.05) is 29.9 Å². The fourth-order valence-corrected chi connectivity index (χ4v) is 3.98. The van der Waals surface area contributed by atoms with Gasteiger partial charge in [0.25, 0.3) is 5.91 Å². The summed E-state index contributed by atoms with van der Waals surface area (Å²) < 4.78 is 5.58. The van der Waals surface area contributed by atoms with Gasteiger partial charge in [0.15, 0.2) is 5.65 Å². The van der Waals surface area contributed by atoms with Crippen molar-refractivity contribution in [2.24, 2.45) is 0 Å². The first-order valence-electron chi connectivity index (χ1n) is 10.8. The van der Waals surface area contributed by atoms with E-state index in [2.05, 4.69) is 49.4 Å². The van der Waals surface area contributed by atoms with Gasteiger partial charge in [-0.15, -0.1) is 0 Å². The maximum atomic E-state index is 13.0. The molecule has 3 aromatic heterocycles. The Labute approximate surface area is 185 Å². The highest BCUT2D eigenvalue weighted by atomic mass is 16.5. The van der Waals surface area contributed by atoms with Crippen LogP contribution in [-0.4, -0.2) is 45.5 Å². The number of hydrogen-bond donors (Lipinski definition) is 2. The van der Waals surface area contributed by atoms with Gasteiger partial charge in [-0.3, -0.25) is 9.78 Å². The van der Waals surface area contributed by atoms with Crippen LogP contribution < -0.4 is 15.0 Å². The number of aromatic nitrogens is 4. The fourth-order valence-electron chi connectivity index (χ4n) is 3.98. The van der Waals surface area contributed by atoms with Gasteiger partial charge in [-0.05, 0) is 50.1 Å². The lowest BCUT2D eigenvalue weighted by Gasteiger charge is -2.17. The van der Waals surface area contributed by atoms with Gasteiger partial charge in [0, 0.05) is 42.8 Å². The second-order valence-corrected chi connectivity index (χ2v) is 7.64. The van der Waals surface area contributed by atoms with E-state index in [-0.39, 0.29) is 5.91 Å². The fraction of sp³-hybridized carbons (Fsp3) is 0.250. The Kier molecular flexibility index (Phi) is 5.41. The second-order valence-electron chi connectivity index (χ2n) is 7.64. The summed E-state index contributed by atoms with van der Waals surface area (Å²) in [6.45, 7) is 4.59. The van der Waals surface area contributed by atoms with Crippen LogP contribution in [0.5, 0.6) is 5.75 Å². The number of benzene rings is 1. The number of nitrogens with zero attached hydrogens (tertiary/aromatic N) is 4. The zero-order chi connectivity index (χ0) is 21.9. The SMILES string of the molecule is CCOc1ccncc1NC(=O)c1ccnc2[nH]c(-c3ccc(N4CCCC4)cc3)nc12. The van der Waals surface area contributed by atoms with Gasteiger partial charge in [0.2, 0.25) is 0 Å². The van der Waals surface area contributed by atoms with Crippen LogP contribution >= 0.6 is 0 Å². The van der Waals surface area contributed by atoms with E-state index in [0.717, 1.165) is 18.7 Å². The molecule has 8 heteroatoms. The van der Waals surface area contributed by atoms with Crippen LogP contribution in [0.15, 0.2) is 55.0 Å². The topological polar surface area (TPSA) is 96.0 Å². The molecule has 162 valence electrons. The van der Waals surface area contributed by atoms with Crippen LogP contribution in [-0.2, 0) is 0 Å². The van der Waals surface area contributed by atoms with Crippen LogP contribution in [0.3, 0.4) is 0 Å². The van der Waals surface area contributed by atoms with Crippen molar-refractivity contribution in [1.82, 2.24) is 19.9 Å². The highest BCUT2D eigenvalue weighted by Crippen LogP contribution is 2.27. The standard InChI is InChI=1S/C24H24N6O2/c1-2-32-20-10-11-25-15-19(20)27-24(31)18-9-12-26-23-21(18)28-22(29-23)16-5-7-17(8-6-16)30-13-3-4-14-30/h5-12,15H,2-4,13-14H2,1H3,(H,27,31)(H,26,28,29). The number of ether oxygens (including phenoxy) is 1. The van der Waals surface area contributed by atoms with Crippen molar-refractivity contribution >= 4 is 28.4 Å². The summed E-state index contributed by atoms with van der Waals surface area (Å²) in [5, 5.41) is 2.88. The third kappa shape index (κ3) is 3.87. The molecule has 1 aromatic carbocycles. The predicted molar refractivity (Wildman–Crippen MR) is 124 cm³/mol. The summed E-state index contributed by atoms with van der Waals surface area (Å²) in [7, 11) is 0. The third-order valence-corrected chi connectivity index (χ3v) is 5.57. The van der Waals surface area contributed by atoms with Crippen LogP contribution in [0.1, 0.15) is 30.1 Å². The average Bonchev–Trinajstić information content (AvgIpc) is 3.51. The smallest absolute Gasteiger partial charge is 0.258 e. The number of H-pyrrole nitrogens is 1. The number of carbonyl (C=O) groups excluding carboxylic acids is 1. The summed E-state index contributed by atoms with van der Waals surface area (Å²) in [6, 6.07) is 11.7. The molecular weight excluding hydrogens is 404 g/mol. The Balaban J connectivity index is 1.43. The lowest BCUT2D eigenvalue weighted by atomic mass is 10.2. The number of aromatic amines is 1. The molecule has 1 fully saturated rings. The highest BCUT2D eigenvalue weighted by molar-refractivity contribution is 6.11. The number of carbonyl (C=O) groups is 1. The van der Waals surface area contributed by atoms with Crippen molar-refractivity contribution in [1.29, 1.82) is 0 Å². The van der Waals surface area contributed by atoms with Crippen LogP contribution in [0.4, 0.5) is 11.4 Å². The zero-order valence-corrected chi connectivity index (χ0v) is 17.8. The molecule has 8 nitrogen and oxygen atoms in total. The van der Waals surface area contributed by atoms with E-state index < -0.39 is 0 Å². The summed E-state index contributed by atoms with van der Waals surface area (Å²) in [6.07, 6.45) is 7.28. The molecule has 5 rings (SSSR count). The van der Waals surface area contributed by atoms with Crippen LogP contribution in [0, 0.1) is 0 Å². The molecule has 1 aliphatic rings. The minimum absolute atomic E-state index is 0.297. The molecule has 1 amide bonds. The highest BCUT2D eigenvalue weighted by Gasteiger charge is 2.18. The van der Waals surface area contributed by atoms with Gasteiger partial charge in [0.1, 0.15) is 22.8 Å². The van der Waals surface area contributed by atoms with Crippen molar-refractivity contribution < 1.29 is 9.53 Å². The average molecular weight is 428 g/mol. The van der Waals surface area contributed by atoms with Crippen molar-refractivity contribution in [3.63, 3.8) is 0 Å². The molecule has 1 saturated heterocycles. The van der Waals surface area contributed by atoms with Gasteiger partial charge in [0.05, 0.1) is 18.4 Å². The number of nitrogens with one attached hydrogen (secondary N) is 2. The first-order chi connectivity index (χ1) is 15.7. The lowest BCUT2D eigenvalue weighted by Crippen LogP contribution is -2.17. The van der Waals surface area contributed by atoms with E-state index in [9.17, 15) is 4.79 Å². The van der Waals surface area contributed by atoms with Gasteiger partial charge < -0.3 is 19.9 Å². The maximum Gasteiger partial charge on any atom is 0.258 e. The van der Waals surface area contributed by atoms with Crippen LogP contribution in [0.25, 0.3) is 22.6 Å². The first-order valence-corrected chi connectivity index (χ1v) is 10.8. The number of hydrogen-bond acceptors (Lipinski definition) is 6. The molecule has 0 atom stereocenters. The van der Waals surface area contributed by atoms with Crippen molar-refractivity contribution in [3.8, 4) is 17.1 Å². The second kappa shape index (κ2) is 8.66. The quantitative estimate of drug-likeness (QED) is 0.476. The van der Waals surface area contributed by atoms with Gasteiger partial charge >= 0.3 is 0 Å². The maximum absolute atomic E-state index is 13.0. The monoisotopic (exact) mass is 428 g/mol. The predicted octanol–water partition coefficient (Wildman–Crippen LogP) is 4.27. The van der Waals surface area contributed by atoms with Gasteiger partial charge in [-0.1, -0.05) is 0 Å². The molecule has 0 saturated carbocycles. The minimum Gasteiger partial charge on any atom is -0.492 e. The number of imidazole rings is 1. The molecular formula is C24H24N6O2. The molecule has 2 N–H and O–H groups in total. The minimum atomic E-state index is -0.297. The Morgan fingerprint density at radius 3 is 2.72 bits per heavy atom. The van der Waals surface area contributed by atoms with Gasteiger partial charge in [-0.25, -0.2) is 9.97 Å². The molecule has 0 radical (unpaired) electrons. The molecule has 0 bridgehead atoms. The zero-order valence-electron chi connectivity index (χ0n) is 17.8. The summed E-state index contributed by atoms with van der Waals surface area (Å²) in [4.78, 5) is 31.8. The molecule has 0 spiro atoms. The number of pyridine rings is 2. The van der Waals surface area contributed by atoms with E-state index in [1.54, 1.807) is 30.7 Å². The molecule has 32 heavy (non-hydrogen) atoms. The Hall–Kier alpha value is -3.94. The molecule has 0 unspecified atom stereocenters.